The summed E-state index contributed by atoms with van der Waals surface area (Å²) in [5, 5.41) is 21.4. The fourth-order valence-electron chi connectivity index (χ4n) is 3.04. The number of nitro groups is 1. The highest BCUT2D eigenvalue weighted by atomic mass is 79.9. The van der Waals surface area contributed by atoms with Gasteiger partial charge in [0.05, 0.1) is 20.4 Å². The Morgan fingerprint density at radius 2 is 2.00 bits per heavy atom. The van der Waals surface area contributed by atoms with Crippen LogP contribution in [0, 0.1) is 21.4 Å². The molecule has 0 amide bonds. The molecule has 3 aromatic rings. The van der Waals surface area contributed by atoms with Crippen molar-refractivity contribution >= 4 is 43.0 Å². The number of nitrogens with zero attached hydrogens (tertiary/aromatic N) is 2. The van der Waals surface area contributed by atoms with E-state index in [4.69, 9.17) is 10.5 Å². The second-order valence-corrected chi connectivity index (χ2v) is 7.59. The molecule has 4 rings (SSSR count). The molecular formula is C18H10BrN3O3S. The van der Waals surface area contributed by atoms with Crippen molar-refractivity contribution in [2.45, 2.75) is 5.92 Å². The number of halogens is 1. The van der Waals surface area contributed by atoms with E-state index in [0.29, 0.717) is 11.3 Å². The Morgan fingerprint density at radius 1 is 1.27 bits per heavy atom. The van der Waals surface area contributed by atoms with Crippen molar-refractivity contribution in [1.82, 2.24) is 0 Å². The molecule has 0 saturated heterocycles. The smallest absolute Gasteiger partial charge is 0.269 e. The van der Waals surface area contributed by atoms with Crippen molar-refractivity contribution in [3.63, 3.8) is 0 Å². The number of non-ortho nitro benzene ring substituents is 1. The molecule has 0 fully saturated rings. The van der Waals surface area contributed by atoms with E-state index in [1.165, 1.54) is 23.5 Å². The van der Waals surface area contributed by atoms with Crippen molar-refractivity contribution in [2.24, 2.45) is 5.73 Å². The molecule has 6 nitrogen and oxygen atoms in total. The first-order valence-electron chi connectivity index (χ1n) is 7.54. The summed E-state index contributed by atoms with van der Waals surface area (Å²) in [6.45, 7) is 0. The largest absolute Gasteiger partial charge is 0.439 e. The Kier molecular flexibility index (Phi) is 3.90. The van der Waals surface area contributed by atoms with Gasteiger partial charge in [0.25, 0.3) is 5.69 Å². The molecule has 1 unspecified atom stereocenters. The summed E-state index contributed by atoms with van der Waals surface area (Å²) in [4.78, 5) is 11.3. The van der Waals surface area contributed by atoms with E-state index in [1.54, 1.807) is 12.1 Å². The lowest BCUT2D eigenvalue weighted by Crippen LogP contribution is -2.19. The van der Waals surface area contributed by atoms with Gasteiger partial charge in [-0.25, -0.2) is 0 Å². The van der Waals surface area contributed by atoms with Crippen molar-refractivity contribution < 1.29 is 9.66 Å². The molecule has 0 bridgehead atoms. The van der Waals surface area contributed by atoms with Crippen molar-refractivity contribution in [3.05, 3.63) is 78.9 Å². The number of nitro benzene ring substituents is 1. The highest BCUT2D eigenvalue weighted by Gasteiger charge is 2.34. The molecule has 1 aromatic heterocycles. The Balaban J connectivity index is 1.95. The number of thiophene rings is 1. The van der Waals surface area contributed by atoms with Crippen LogP contribution in [0.15, 0.2) is 58.4 Å². The maximum atomic E-state index is 10.9. The third kappa shape index (κ3) is 2.44. The molecule has 128 valence electrons. The van der Waals surface area contributed by atoms with E-state index in [0.717, 1.165) is 25.0 Å². The van der Waals surface area contributed by atoms with Gasteiger partial charge >= 0.3 is 0 Å². The molecule has 0 aliphatic carbocycles. The summed E-state index contributed by atoms with van der Waals surface area (Å²) in [7, 11) is 0. The van der Waals surface area contributed by atoms with Crippen LogP contribution in [0.4, 0.5) is 5.69 Å². The van der Waals surface area contributed by atoms with Gasteiger partial charge in [-0.1, -0.05) is 18.2 Å². The zero-order chi connectivity index (χ0) is 18.4. The van der Waals surface area contributed by atoms with Gasteiger partial charge < -0.3 is 10.5 Å². The van der Waals surface area contributed by atoms with Crippen molar-refractivity contribution in [3.8, 4) is 11.8 Å². The molecule has 2 aromatic carbocycles. The van der Waals surface area contributed by atoms with E-state index < -0.39 is 10.8 Å². The average molecular weight is 428 g/mol. The Hall–Kier alpha value is -2.89. The molecule has 0 radical (unpaired) electrons. The summed E-state index contributed by atoms with van der Waals surface area (Å²) in [6.07, 6.45) is 0. The first kappa shape index (κ1) is 16.6. The van der Waals surface area contributed by atoms with Crippen LogP contribution in [-0.2, 0) is 0 Å². The molecule has 26 heavy (non-hydrogen) atoms. The predicted molar refractivity (Wildman–Crippen MR) is 102 cm³/mol. The predicted octanol–water partition coefficient (Wildman–Crippen LogP) is 4.79. The Labute approximate surface area is 160 Å². The molecule has 1 aliphatic rings. The quantitative estimate of drug-likeness (QED) is 0.467. The number of nitriles is 1. The van der Waals surface area contributed by atoms with Gasteiger partial charge in [-0.15, -0.1) is 11.3 Å². The molecule has 8 heteroatoms. The molecule has 2 N–H and O–H groups in total. The number of benzene rings is 2. The maximum absolute atomic E-state index is 10.9. The molecular weight excluding hydrogens is 418 g/mol. The molecule has 0 spiro atoms. The summed E-state index contributed by atoms with van der Waals surface area (Å²) in [6, 6.07) is 14.1. The second-order valence-electron chi connectivity index (χ2n) is 5.69. The normalized spacial score (nSPS) is 16.1. The van der Waals surface area contributed by atoms with Crippen LogP contribution in [0.3, 0.4) is 0 Å². The molecule has 2 heterocycles. The monoisotopic (exact) mass is 427 g/mol. The fraction of sp³-hybridized carbons (Fsp3) is 0.0556. The zero-order valence-electron chi connectivity index (χ0n) is 13.1. The lowest BCUT2D eigenvalue weighted by atomic mass is 9.88. The summed E-state index contributed by atoms with van der Waals surface area (Å²) >= 11 is 5.06. The average Bonchev–Trinajstić information content (AvgIpc) is 3.00. The van der Waals surface area contributed by atoms with Crippen LogP contribution in [0.5, 0.6) is 5.75 Å². The van der Waals surface area contributed by atoms with Crippen LogP contribution >= 0.6 is 27.3 Å². The van der Waals surface area contributed by atoms with Gasteiger partial charge in [0.1, 0.15) is 11.6 Å². The fourth-order valence-corrected chi connectivity index (χ4v) is 4.92. The highest BCUT2D eigenvalue weighted by Crippen LogP contribution is 2.51. The number of rotatable bonds is 2. The minimum Gasteiger partial charge on any atom is -0.439 e. The van der Waals surface area contributed by atoms with Gasteiger partial charge in [0.15, 0.2) is 5.75 Å². The number of fused-ring (bicyclic) bond motifs is 3. The second kappa shape index (κ2) is 6.12. The van der Waals surface area contributed by atoms with E-state index in [1.807, 2.05) is 18.2 Å². The summed E-state index contributed by atoms with van der Waals surface area (Å²) in [5.41, 5.74) is 7.07. The Morgan fingerprint density at radius 3 is 2.65 bits per heavy atom. The number of nitrogens with two attached hydrogens (primary N) is 1. The van der Waals surface area contributed by atoms with Crippen LogP contribution in [0.2, 0.25) is 0 Å². The third-order valence-corrected chi connectivity index (χ3v) is 6.44. The first-order valence-corrected chi connectivity index (χ1v) is 9.15. The van der Waals surface area contributed by atoms with Gasteiger partial charge in [-0.05, 0) is 33.6 Å². The molecule has 0 saturated carbocycles. The van der Waals surface area contributed by atoms with Gasteiger partial charge in [0, 0.05) is 22.0 Å². The highest BCUT2D eigenvalue weighted by molar-refractivity contribution is 9.10. The van der Waals surface area contributed by atoms with Crippen LogP contribution in [0.25, 0.3) is 10.1 Å². The number of hydrogen-bond donors (Lipinski definition) is 1. The van der Waals surface area contributed by atoms with Gasteiger partial charge in [-0.2, -0.15) is 5.26 Å². The van der Waals surface area contributed by atoms with Crippen LogP contribution in [0.1, 0.15) is 16.4 Å². The minimum absolute atomic E-state index is 0.00410. The third-order valence-electron chi connectivity index (χ3n) is 4.23. The van der Waals surface area contributed by atoms with Crippen LogP contribution in [-0.4, -0.2) is 4.92 Å². The van der Waals surface area contributed by atoms with Gasteiger partial charge in [-0.3, -0.25) is 10.1 Å². The maximum Gasteiger partial charge on any atom is 0.269 e. The summed E-state index contributed by atoms with van der Waals surface area (Å²) in [5.74, 6) is 0.267. The number of hydrogen-bond acceptors (Lipinski definition) is 6. The van der Waals surface area contributed by atoms with Crippen molar-refractivity contribution in [1.29, 1.82) is 5.26 Å². The minimum atomic E-state index is -0.453. The number of ether oxygens (including phenoxy) is 1. The molecule has 1 aliphatic heterocycles. The SMILES string of the molecule is N#CC1=C(N)Oc2c(sc3c(Br)cccc23)C1c1ccc([N+](=O)[O-])cc1. The first-order chi connectivity index (χ1) is 12.5. The lowest BCUT2D eigenvalue weighted by molar-refractivity contribution is -0.384. The van der Waals surface area contributed by atoms with E-state index in [9.17, 15) is 15.4 Å². The van der Waals surface area contributed by atoms with E-state index in [-0.39, 0.29) is 11.6 Å². The lowest BCUT2D eigenvalue weighted by Gasteiger charge is -2.23. The van der Waals surface area contributed by atoms with Crippen molar-refractivity contribution in [2.75, 3.05) is 0 Å². The van der Waals surface area contributed by atoms with Crippen LogP contribution < -0.4 is 10.5 Å². The number of allylic oxidation sites excluding steroid dienone is 1. The topological polar surface area (TPSA) is 102 Å². The van der Waals surface area contributed by atoms with E-state index >= 15 is 0 Å². The standard InChI is InChI=1S/C18H10BrN3O3S/c19-13-3-1-2-11-15-17(26-16(11)13)14(12(8-20)18(21)25-15)9-4-6-10(7-5-9)22(23)24/h1-7,14H,21H2. The Bertz CT molecular complexity index is 1130. The van der Waals surface area contributed by atoms with E-state index in [2.05, 4.69) is 22.0 Å². The van der Waals surface area contributed by atoms with Gasteiger partial charge in [0.2, 0.25) is 5.88 Å². The molecule has 1 atom stereocenters. The summed E-state index contributed by atoms with van der Waals surface area (Å²) < 4.78 is 7.70. The zero-order valence-corrected chi connectivity index (χ0v) is 15.5.